The van der Waals surface area contributed by atoms with E-state index in [4.69, 9.17) is 4.74 Å². The van der Waals surface area contributed by atoms with Crippen molar-refractivity contribution in [3.05, 3.63) is 28.2 Å². The minimum Gasteiger partial charge on any atom is -0.496 e. The third-order valence-electron chi connectivity index (χ3n) is 3.03. The molecule has 1 N–H and O–H groups in total. The SMILES string of the molecule is COc1ccc(CN2CCNC(=O)CC2)cc1Br. The van der Waals surface area contributed by atoms with Gasteiger partial charge in [-0.25, -0.2) is 0 Å². The van der Waals surface area contributed by atoms with Gasteiger partial charge in [0.15, 0.2) is 0 Å². The number of carbonyl (C=O) groups is 1. The fourth-order valence-corrected chi connectivity index (χ4v) is 2.63. The Labute approximate surface area is 115 Å². The molecule has 0 saturated carbocycles. The molecule has 1 aliphatic rings. The predicted octanol–water partition coefficient (Wildman–Crippen LogP) is 1.78. The maximum Gasteiger partial charge on any atom is 0.221 e. The maximum atomic E-state index is 11.3. The van der Waals surface area contributed by atoms with Crippen LogP contribution in [0, 0.1) is 0 Å². The molecule has 0 spiro atoms. The van der Waals surface area contributed by atoms with E-state index in [2.05, 4.69) is 38.3 Å². The number of hydrogen-bond donors (Lipinski definition) is 1. The molecule has 5 heteroatoms. The normalized spacial score (nSPS) is 17.1. The highest BCUT2D eigenvalue weighted by Gasteiger charge is 2.13. The second kappa shape index (κ2) is 6.20. The summed E-state index contributed by atoms with van der Waals surface area (Å²) in [7, 11) is 1.66. The molecule has 2 rings (SSSR count). The van der Waals surface area contributed by atoms with Gasteiger partial charge in [-0.1, -0.05) is 6.07 Å². The van der Waals surface area contributed by atoms with Gasteiger partial charge >= 0.3 is 0 Å². The summed E-state index contributed by atoms with van der Waals surface area (Å²) in [6.45, 7) is 3.30. The van der Waals surface area contributed by atoms with Gasteiger partial charge in [0.2, 0.25) is 5.91 Å². The highest BCUT2D eigenvalue weighted by molar-refractivity contribution is 9.10. The van der Waals surface area contributed by atoms with E-state index in [0.29, 0.717) is 6.42 Å². The summed E-state index contributed by atoms with van der Waals surface area (Å²) in [5, 5.41) is 2.88. The Morgan fingerprint density at radius 3 is 3.00 bits per heavy atom. The zero-order valence-electron chi connectivity index (χ0n) is 10.4. The molecule has 98 valence electrons. The van der Waals surface area contributed by atoms with Gasteiger partial charge in [-0.05, 0) is 33.6 Å². The van der Waals surface area contributed by atoms with Crippen LogP contribution in [0.4, 0.5) is 0 Å². The highest BCUT2D eigenvalue weighted by Crippen LogP contribution is 2.26. The number of hydrogen-bond acceptors (Lipinski definition) is 3. The zero-order chi connectivity index (χ0) is 13.0. The smallest absolute Gasteiger partial charge is 0.221 e. The van der Waals surface area contributed by atoms with Crippen molar-refractivity contribution in [2.24, 2.45) is 0 Å². The molecule has 0 atom stereocenters. The monoisotopic (exact) mass is 312 g/mol. The lowest BCUT2D eigenvalue weighted by molar-refractivity contribution is -0.120. The van der Waals surface area contributed by atoms with Crippen LogP contribution in [0.2, 0.25) is 0 Å². The molecule has 1 amide bonds. The first-order valence-electron chi connectivity index (χ1n) is 6.00. The van der Waals surface area contributed by atoms with E-state index in [1.807, 2.05) is 6.07 Å². The Hall–Kier alpha value is -1.07. The Morgan fingerprint density at radius 2 is 2.28 bits per heavy atom. The molecule has 1 saturated heterocycles. The molecule has 0 bridgehead atoms. The lowest BCUT2D eigenvalue weighted by Gasteiger charge is -2.19. The molecule has 0 aromatic heterocycles. The third kappa shape index (κ3) is 3.46. The number of methoxy groups -OCH3 is 1. The van der Waals surface area contributed by atoms with Crippen LogP contribution in [-0.4, -0.2) is 37.6 Å². The molecule has 1 aromatic carbocycles. The average Bonchev–Trinajstić information content (AvgIpc) is 2.55. The van der Waals surface area contributed by atoms with Crippen molar-refractivity contribution in [1.29, 1.82) is 0 Å². The molecule has 0 radical (unpaired) electrons. The molecule has 4 nitrogen and oxygen atoms in total. The Balaban J connectivity index is 2.00. The Kier molecular flexibility index (Phi) is 4.60. The Morgan fingerprint density at radius 1 is 1.44 bits per heavy atom. The van der Waals surface area contributed by atoms with Crippen LogP contribution in [0.25, 0.3) is 0 Å². The van der Waals surface area contributed by atoms with Gasteiger partial charge in [-0.2, -0.15) is 0 Å². The van der Waals surface area contributed by atoms with Gasteiger partial charge in [0, 0.05) is 32.6 Å². The number of carbonyl (C=O) groups excluding carboxylic acids is 1. The first kappa shape index (κ1) is 13.4. The summed E-state index contributed by atoms with van der Waals surface area (Å²) in [4.78, 5) is 13.5. The Bertz CT molecular complexity index is 437. The van der Waals surface area contributed by atoms with E-state index in [9.17, 15) is 4.79 Å². The summed E-state index contributed by atoms with van der Waals surface area (Å²) in [6.07, 6.45) is 0.581. The van der Waals surface area contributed by atoms with Crippen molar-refractivity contribution in [1.82, 2.24) is 10.2 Å². The van der Waals surface area contributed by atoms with Crippen LogP contribution in [0.15, 0.2) is 22.7 Å². The van der Waals surface area contributed by atoms with E-state index in [1.165, 1.54) is 5.56 Å². The van der Waals surface area contributed by atoms with E-state index >= 15 is 0 Å². The van der Waals surface area contributed by atoms with Crippen molar-refractivity contribution in [3.8, 4) is 5.75 Å². The number of amides is 1. The van der Waals surface area contributed by atoms with Gasteiger partial charge in [0.1, 0.15) is 5.75 Å². The second-order valence-electron chi connectivity index (χ2n) is 4.34. The second-order valence-corrected chi connectivity index (χ2v) is 5.20. The topological polar surface area (TPSA) is 41.6 Å². The molecular weight excluding hydrogens is 296 g/mol. The van der Waals surface area contributed by atoms with Crippen LogP contribution >= 0.6 is 15.9 Å². The molecule has 0 unspecified atom stereocenters. The molecule has 1 heterocycles. The van der Waals surface area contributed by atoms with Crippen LogP contribution in [-0.2, 0) is 11.3 Å². The molecular formula is C13H17BrN2O2. The number of rotatable bonds is 3. The van der Waals surface area contributed by atoms with Crippen molar-refractivity contribution in [3.63, 3.8) is 0 Å². The highest BCUT2D eigenvalue weighted by atomic mass is 79.9. The summed E-state index contributed by atoms with van der Waals surface area (Å²) in [5.41, 5.74) is 1.22. The molecule has 1 aliphatic heterocycles. The predicted molar refractivity (Wildman–Crippen MR) is 73.6 cm³/mol. The fourth-order valence-electron chi connectivity index (χ4n) is 2.04. The van der Waals surface area contributed by atoms with Gasteiger partial charge < -0.3 is 10.1 Å². The minimum absolute atomic E-state index is 0.147. The van der Waals surface area contributed by atoms with Crippen molar-refractivity contribution in [2.45, 2.75) is 13.0 Å². The number of benzene rings is 1. The van der Waals surface area contributed by atoms with Crippen LogP contribution in [0.5, 0.6) is 5.75 Å². The minimum atomic E-state index is 0.147. The molecule has 1 fully saturated rings. The van der Waals surface area contributed by atoms with Crippen LogP contribution in [0.1, 0.15) is 12.0 Å². The summed E-state index contributed by atoms with van der Waals surface area (Å²) in [5.74, 6) is 0.986. The van der Waals surface area contributed by atoms with E-state index < -0.39 is 0 Å². The first-order chi connectivity index (χ1) is 8.69. The lowest BCUT2D eigenvalue weighted by Crippen LogP contribution is -2.28. The zero-order valence-corrected chi connectivity index (χ0v) is 12.0. The lowest BCUT2D eigenvalue weighted by atomic mass is 10.2. The van der Waals surface area contributed by atoms with Crippen molar-refractivity contribution in [2.75, 3.05) is 26.7 Å². The standard InChI is InChI=1S/C13H17BrN2O2/c1-18-12-3-2-10(8-11(12)14)9-16-6-4-13(17)15-5-7-16/h2-3,8H,4-7,9H2,1H3,(H,15,17). The molecule has 1 aromatic rings. The number of halogens is 1. The largest absolute Gasteiger partial charge is 0.496 e. The van der Waals surface area contributed by atoms with Crippen molar-refractivity contribution < 1.29 is 9.53 Å². The van der Waals surface area contributed by atoms with E-state index in [1.54, 1.807) is 7.11 Å². The third-order valence-corrected chi connectivity index (χ3v) is 3.65. The summed E-state index contributed by atoms with van der Waals surface area (Å²) >= 11 is 3.49. The van der Waals surface area contributed by atoms with Gasteiger partial charge in [0.25, 0.3) is 0 Å². The summed E-state index contributed by atoms with van der Waals surface area (Å²) < 4.78 is 6.17. The quantitative estimate of drug-likeness (QED) is 0.925. The van der Waals surface area contributed by atoms with Gasteiger partial charge in [0.05, 0.1) is 11.6 Å². The number of nitrogens with zero attached hydrogens (tertiary/aromatic N) is 1. The number of ether oxygens (including phenoxy) is 1. The first-order valence-corrected chi connectivity index (χ1v) is 6.80. The number of nitrogens with one attached hydrogen (secondary N) is 1. The van der Waals surface area contributed by atoms with Gasteiger partial charge in [-0.3, -0.25) is 9.69 Å². The molecule has 0 aliphatic carbocycles. The van der Waals surface area contributed by atoms with E-state index in [-0.39, 0.29) is 5.91 Å². The summed E-state index contributed by atoms with van der Waals surface area (Å²) in [6, 6.07) is 6.09. The van der Waals surface area contributed by atoms with Crippen molar-refractivity contribution >= 4 is 21.8 Å². The fraction of sp³-hybridized carbons (Fsp3) is 0.462. The average molecular weight is 313 g/mol. The van der Waals surface area contributed by atoms with E-state index in [0.717, 1.165) is 36.4 Å². The molecule has 18 heavy (non-hydrogen) atoms. The maximum absolute atomic E-state index is 11.3. The van der Waals surface area contributed by atoms with Gasteiger partial charge in [-0.15, -0.1) is 0 Å². The van der Waals surface area contributed by atoms with Crippen LogP contribution in [0.3, 0.4) is 0 Å². The van der Waals surface area contributed by atoms with Crippen LogP contribution < -0.4 is 10.1 Å².